The molecule has 6 heteroatoms. The van der Waals surface area contributed by atoms with Gasteiger partial charge in [0.05, 0.1) is 26.3 Å². The Balaban J connectivity index is 1.95. The third-order valence-electron chi connectivity index (χ3n) is 4.08. The first-order valence-corrected chi connectivity index (χ1v) is 8.75. The zero-order valence-corrected chi connectivity index (χ0v) is 15.6. The first-order valence-electron chi connectivity index (χ1n) is 7.87. The van der Waals surface area contributed by atoms with E-state index in [0.29, 0.717) is 28.4 Å². The van der Waals surface area contributed by atoms with Crippen LogP contribution < -0.4 is 19.9 Å². The number of methoxy groups -OCH3 is 3. The first kappa shape index (κ1) is 17.8. The van der Waals surface area contributed by atoms with Crippen LogP contribution in [0.15, 0.2) is 47.8 Å². The highest BCUT2D eigenvalue weighted by molar-refractivity contribution is 7.14. The number of benzene rings is 2. The van der Waals surface area contributed by atoms with E-state index in [2.05, 4.69) is 0 Å². The van der Waals surface area contributed by atoms with Crippen LogP contribution in [0.5, 0.6) is 17.2 Å². The maximum Gasteiger partial charge on any atom is 0.203 e. The standard InChI is InChI=1S/C20H19NO4S/c1-23-16-10-14(11-17(24-2)19(16)25-3)18(22)13-6-4-12(5-7-13)15-8-9-26-20(15)21/h4-11H,21H2,1-3H3. The second-order valence-electron chi connectivity index (χ2n) is 5.52. The maximum absolute atomic E-state index is 12.9. The van der Waals surface area contributed by atoms with Crippen molar-refractivity contribution in [3.8, 4) is 28.4 Å². The van der Waals surface area contributed by atoms with Crippen LogP contribution in [0, 0.1) is 0 Å². The maximum atomic E-state index is 12.9. The molecule has 1 aromatic heterocycles. The summed E-state index contributed by atoms with van der Waals surface area (Å²) in [6, 6.07) is 12.6. The molecule has 5 nitrogen and oxygen atoms in total. The molecule has 3 rings (SSSR count). The molecule has 3 aromatic rings. The van der Waals surface area contributed by atoms with Crippen molar-refractivity contribution in [1.29, 1.82) is 0 Å². The zero-order valence-electron chi connectivity index (χ0n) is 14.7. The third kappa shape index (κ3) is 3.23. The van der Waals surface area contributed by atoms with Gasteiger partial charge in [-0.1, -0.05) is 24.3 Å². The number of carbonyl (C=O) groups is 1. The first-order chi connectivity index (χ1) is 12.6. The van der Waals surface area contributed by atoms with Crippen LogP contribution in [0.3, 0.4) is 0 Å². The van der Waals surface area contributed by atoms with Gasteiger partial charge in [-0.05, 0) is 29.1 Å². The highest BCUT2D eigenvalue weighted by atomic mass is 32.1. The minimum Gasteiger partial charge on any atom is -0.493 e. The fraction of sp³-hybridized carbons (Fsp3) is 0.150. The number of carbonyl (C=O) groups excluding carboxylic acids is 1. The molecular weight excluding hydrogens is 350 g/mol. The molecule has 0 saturated carbocycles. The summed E-state index contributed by atoms with van der Waals surface area (Å²) < 4.78 is 15.9. The number of rotatable bonds is 6. The van der Waals surface area contributed by atoms with Gasteiger partial charge in [0.25, 0.3) is 0 Å². The molecule has 0 atom stereocenters. The van der Waals surface area contributed by atoms with E-state index in [4.69, 9.17) is 19.9 Å². The second kappa shape index (κ2) is 7.49. The molecule has 2 aromatic carbocycles. The molecule has 0 aliphatic heterocycles. The number of nitrogen functional groups attached to an aromatic ring is 1. The Morgan fingerprint density at radius 3 is 1.96 bits per heavy atom. The van der Waals surface area contributed by atoms with E-state index in [-0.39, 0.29) is 5.78 Å². The quantitative estimate of drug-likeness (QED) is 0.658. The highest BCUT2D eigenvalue weighted by Crippen LogP contribution is 2.39. The predicted octanol–water partition coefficient (Wildman–Crippen LogP) is 4.25. The van der Waals surface area contributed by atoms with Crippen LogP contribution in [0.4, 0.5) is 5.00 Å². The van der Waals surface area contributed by atoms with Gasteiger partial charge in [-0.2, -0.15) is 0 Å². The lowest BCUT2D eigenvalue weighted by molar-refractivity contribution is 0.103. The summed E-state index contributed by atoms with van der Waals surface area (Å²) in [4.78, 5) is 12.9. The van der Waals surface area contributed by atoms with E-state index in [9.17, 15) is 4.79 Å². The monoisotopic (exact) mass is 369 g/mol. The minimum absolute atomic E-state index is 0.130. The molecule has 0 radical (unpaired) electrons. The van der Waals surface area contributed by atoms with Crippen LogP contribution in [0.1, 0.15) is 15.9 Å². The summed E-state index contributed by atoms with van der Waals surface area (Å²) in [7, 11) is 4.56. The summed E-state index contributed by atoms with van der Waals surface area (Å²) >= 11 is 1.49. The van der Waals surface area contributed by atoms with Gasteiger partial charge in [-0.25, -0.2) is 0 Å². The van der Waals surface area contributed by atoms with Crippen molar-refractivity contribution < 1.29 is 19.0 Å². The predicted molar refractivity (Wildman–Crippen MR) is 104 cm³/mol. The molecule has 1 heterocycles. The van der Waals surface area contributed by atoms with Crippen LogP contribution >= 0.6 is 11.3 Å². The summed E-state index contributed by atoms with van der Waals surface area (Å²) in [5.74, 6) is 1.21. The van der Waals surface area contributed by atoms with Gasteiger partial charge in [0, 0.05) is 16.7 Å². The fourth-order valence-corrected chi connectivity index (χ4v) is 3.40. The van der Waals surface area contributed by atoms with Gasteiger partial charge in [0.2, 0.25) is 5.75 Å². The molecular formula is C20H19NO4S. The second-order valence-corrected chi connectivity index (χ2v) is 6.47. The largest absolute Gasteiger partial charge is 0.493 e. The molecule has 0 saturated heterocycles. The van der Waals surface area contributed by atoms with Gasteiger partial charge >= 0.3 is 0 Å². The van der Waals surface area contributed by atoms with Crippen molar-refractivity contribution in [2.75, 3.05) is 27.1 Å². The van der Waals surface area contributed by atoms with E-state index in [1.54, 1.807) is 24.3 Å². The summed E-state index contributed by atoms with van der Waals surface area (Å²) in [5.41, 5.74) is 8.94. The molecule has 0 aliphatic rings. The summed E-state index contributed by atoms with van der Waals surface area (Å²) in [6.45, 7) is 0. The lowest BCUT2D eigenvalue weighted by Gasteiger charge is -2.13. The Hall–Kier alpha value is -2.99. The zero-order chi connectivity index (χ0) is 18.7. The topological polar surface area (TPSA) is 70.8 Å². The average molecular weight is 369 g/mol. The highest BCUT2D eigenvalue weighted by Gasteiger charge is 2.18. The summed E-state index contributed by atoms with van der Waals surface area (Å²) in [5, 5.41) is 2.70. The Morgan fingerprint density at radius 2 is 1.50 bits per heavy atom. The fourth-order valence-electron chi connectivity index (χ4n) is 2.74. The van der Waals surface area contributed by atoms with Crippen LogP contribution in [0.2, 0.25) is 0 Å². The number of nitrogens with two attached hydrogens (primary N) is 1. The Morgan fingerprint density at radius 1 is 0.885 bits per heavy atom. The number of hydrogen-bond donors (Lipinski definition) is 1. The molecule has 0 bridgehead atoms. The van der Waals surface area contributed by atoms with Crippen molar-refractivity contribution in [3.05, 3.63) is 59.0 Å². The molecule has 2 N–H and O–H groups in total. The van der Waals surface area contributed by atoms with Gasteiger partial charge in [-0.15, -0.1) is 11.3 Å². The van der Waals surface area contributed by atoms with Crippen LogP contribution in [-0.2, 0) is 0 Å². The van der Waals surface area contributed by atoms with Crippen LogP contribution in [0.25, 0.3) is 11.1 Å². The Kier molecular flexibility index (Phi) is 5.14. The van der Waals surface area contributed by atoms with E-state index in [1.807, 2.05) is 23.6 Å². The van der Waals surface area contributed by atoms with Gasteiger partial charge in [0.1, 0.15) is 0 Å². The number of anilines is 1. The lowest BCUT2D eigenvalue weighted by Crippen LogP contribution is -2.04. The van der Waals surface area contributed by atoms with Gasteiger partial charge < -0.3 is 19.9 Å². The molecule has 0 amide bonds. The minimum atomic E-state index is -0.130. The van der Waals surface area contributed by atoms with Crippen molar-refractivity contribution in [2.45, 2.75) is 0 Å². The number of ether oxygens (including phenoxy) is 3. The Bertz CT molecular complexity index is 906. The third-order valence-corrected chi connectivity index (χ3v) is 4.83. The van der Waals surface area contributed by atoms with Gasteiger partial charge in [0.15, 0.2) is 17.3 Å². The molecule has 0 spiro atoms. The van der Waals surface area contributed by atoms with E-state index in [1.165, 1.54) is 32.7 Å². The van der Waals surface area contributed by atoms with E-state index >= 15 is 0 Å². The molecule has 0 aliphatic carbocycles. The Labute approximate surface area is 155 Å². The van der Waals surface area contributed by atoms with Crippen molar-refractivity contribution in [2.24, 2.45) is 0 Å². The number of ketones is 1. The molecule has 26 heavy (non-hydrogen) atoms. The van der Waals surface area contributed by atoms with E-state index in [0.717, 1.165) is 16.1 Å². The van der Waals surface area contributed by atoms with Crippen molar-refractivity contribution in [1.82, 2.24) is 0 Å². The normalized spacial score (nSPS) is 10.4. The lowest BCUT2D eigenvalue weighted by atomic mass is 9.99. The number of hydrogen-bond acceptors (Lipinski definition) is 6. The van der Waals surface area contributed by atoms with Crippen molar-refractivity contribution >= 4 is 22.1 Å². The van der Waals surface area contributed by atoms with Crippen LogP contribution in [-0.4, -0.2) is 27.1 Å². The molecule has 0 fully saturated rings. The van der Waals surface area contributed by atoms with E-state index < -0.39 is 0 Å². The molecule has 0 unspecified atom stereocenters. The SMILES string of the molecule is COc1cc(C(=O)c2ccc(-c3ccsc3N)cc2)cc(OC)c1OC. The smallest absolute Gasteiger partial charge is 0.203 e. The number of thiophene rings is 1. The summed E-state index contributed by atoms with van der Waals surface area (Å²) in [6.07, 6.45) is 0. The average Bonchev–Trinajstić information content (AvgIpc) is 3.12. The molecule has 134 valence electrons. The van der Waals surface area contributed by atoms with Gasteiger partial charge in [-0.3, -0.25) is 4.79 Å². The van der Waals surface area contributed by atoms with Crippen molar-refractivity contribution in [3.63, 3.8) is 0 Å².